The molecule has 0 amide bonds. The molecule has 0 aliphatic heterocycles. The molecule has 0 aliphatic carbocycles. The number of hydrogen-bond acceptors (Lipinski definition) is 3. The summed E-state index contributed by atoms with van der Waals surface area (Å²) in [6.07, 6.45) is 0. The first-order chi connectivity index (χ1) is 7.09. The number of carbonyl (C=O) groups is 1. The summed E-state index contributed by atoms with van der Waals surface area (Å²) in [7, 11) is 0. The normalized spacial score (nSPS) is 12.3. The summed E-state index contributed by atoms with van der Waals surface area (Å²) in [5.74, 6) is 0.566. The smallest absolute Gasteiger partial charge is 0.307 e. The number of hydrogen-bond donors (Lipinski definition) is 2. The Hall–Kier alpha value is -1.16. The summed E-state index contributed by atoms with van der Waals surface area (Å²) >= 11 is 1.59. The molecule has 0 aliphatic rings. The lowest BCUT2D eigenvalue weighted by Crippen LogP contribution is -2.11. The Morgan fingerprint density at radius 1 is 1.40 bits per heavy atom. The van der Waals surface area contributed by atoms with Crippen molar-refractivity contribution < 1.29 is 15.0 Å². The van der Waals surface area contributed by atoms with E-state index in [1.807, 2.05) is 12.1 Å². The van der Waals surface area contributed by atoms with E-state index in [2.05, 4.69) is 0 Å². The summed E-state index contributed by atoms with van der Waals surface area (Å²) in [6.45, 7) is 1.70. The van der Waals surface area contributed by atoms with Crippen molar-refractivity contribution in [1.82, 2.24) is 0 Å². The summed E-state index contributed by atoms with van der Waals surface area (Å²) in [4.78, 5) is 10.5. The standard InChI is InChI=1S/C11H14O3S/c1-8(11(13)14)6-15-7-9-2-4-10(12)5-3-9/h2-5,8,12H,6-7H2,1H3,(H,13,14). The molecule has 1 aromatic carbocycles. The van der Waals surface area contributed by atoms with Gasteiger partial charge >= 0.3 is 5.97 Å². The third-order valence-corrected chi connectivity index (χ3v) is 3.27. The average Bonchev–Trinajstić information content (AvgIpc) is 2.20. The maximum absolute atomic E-state index is 10.5. The molecule has 0 spiro atoms. The first-order valence-corrected chi connectivity index (χ1v) is 5.83. The fourth-order valence-electron chi connectivity index (χ4n) is 1.02. The number of carboxylic acids is 1. The second-order valence-corrected chi connectivity index (χ2v) is 4.45. The van der Waals surface area contributed by atoms with Gasteiger partial charge in [0, 0.05) is 11.5 Å². The first-order valence-electron chi connectivity index (χ1n) is 4.68. The van der Waals surface area contributed by atoms with E-state index in [1.54, 1.807) is 30.8 Å². The lowest BCUT2D eigenvalue weighted by molar-refractivity contribution is -0.140. The Bertz CT molecular complexity index is 321. The highest BCUT2D eigenvalue weighted by Gasteiger charge is 2.10. The first kappa shape index (κ1) is 11.9. The fourth-order valence-corrected chi connectivity index (χ4v) is 2.06. The number of rotatable bonds is 5. The molecule has 0 saturated heterocycles. The molecule has 0 fully saturated rings. The quantitative estimate of drug-likeness (QED) is 0.809. The van der Waals surface area contributed by atoms with Crippen LogP contribution in [0.25, 0.3) is 0 Å². The molecule has 0 heterocycles. The van der Waals surface area contributed by atoms with E-state index in [4.69, 9.17) is 10.2 Å². The Morgan fingerprint density at radius 2 is 2.00 bits per heavy atom. The molecule has 82 valence electrons. The van der Waals surface area contributed by atoms with Gasteiger partial charge in [-0.3, -0.25) is 4.79 Å². The lowest BCUT2D eigenvalue weighted by Gasteiger charge is -2.05. The third-order valence-electron chi connectivity index (χ3n) is 1.99. The molecule has 3 nitrogen and oxygen atoms in total. The van der Waals surface area contributed by atoms with E-state index in [9.17, 15) is 4.79 Å². The molecule has 0 bridgehead atoms. The van der Waals surface area contributed by atoms with Crippen LogP contribution < -0.4 is 0 Å². The fraction of sp³-hybridized carbons (Fsp3) is 0.364. The molecule has 0 radical (unpaired) electrons. The topological polar surface area (TPSA) is 57.5 Å². The molecule has 4 heteroatoms. The van der Waals surface area contributed by atoms with Crippen molar-refractivity contribution in [2.45, 2.75) is 12.7 Å². The minimum Gasteiger partial charge on any atom is -0.508 e. The van der Waals surface area contributed by atoms with Crippen molar-refractivity contribution >= 4 is 17.7 Å². The minimum atomic E-state index is -0.756. The van der Waals surface area contributed by atoms with Crippen molar-refractivity contribution in [2.24, 2.45) is 5.92 Å². The maximum Gasteiger partial charge on any atom is 0.307 e. The van der Waals surface area contributed by atoms with Gasteiger partial charge in [0.15, 0.2) is 0 Å². The lowest BCUT2D eigenvalue weighted by atomic mass is 10.2. The van der Waals surface area contributed by atoms with Crippen molar-refractivity contribution in [3.8, 4) is 5.75 Å². The highest BCUT2D eigenvalue weighted by atomic mass is 32.2. The van der Waals surface area contributed by atoms with Gasteiger partial charge in [-0.25, -0.2) is 0 Å². The van der Waals surface area contributed by atoms with Gasteiger partial charge in [0.1, 0.15) is 5.75 Å². The molecular weight excluding hydrogens is 212 g/mol. The van der Waals surface area contributed by atoms with Crippen LogP contribution >= 0.6 is 11.8 Å². The van der Waals surface area contributed by atoms with Crippen LogP contribution in [0.3, 0.4) is 0 Å². The average molecular weight is 226 g/mol. The Kier molecular flexibility index (Phi) is 4.49. The zero-order valence-corrected chi connectivity index (χ0v) is 9.33. The Morgan fingerprint density at radius 3 is 2.53 bits per heavy atom. The molecule has 1 rings (SSSR count). The van der Waals surface area contributed by atoms with E-state index in [0.29, 0.717) is 5.75 Å². The monoisotopic (exact) mass is 226 g/mol. The molecule has 2 N–H and O–H groups in total. The van der Waals surface area contributed by atoms with E-state index >= 15 is 0 Å². The minimum absolute atomic E-state index is 0.252. The molecule has 0 aromatic heterocycles. The van der Waals surface area contributed by atoms with Crippen LogP contribution in [-0.2, 0) is 10.5 Å². The van der Waals surface area contributed by atoms with Crippen LogP contribution in [0, 0.1) is 5.92 Å². The van der Waals surface area contributed by atoms with Crippen LogP contribution in [0.2, 0.25) is 0 Å². The van der Waals surface area contributed by atoms with Crippen molar-refractivity contribution in [1.29, 1.82) is 0 Å². The zero-order valence-electron chi connectivity index (χ0n) is 8.51. The predicted octanol–water partition coefficient (Wildman–Crippen LogP) is 2.35. The summed E-state index contributed by atoms with van der Waals surface area (Å²) in [6, 6.07) is 6.95. The van der Waals surface area contributed by atoms with Gasteiger partial charge in [-0.05, 0) is 17.7 Å². The Labute approximate surface area is 93.1 Å². The van der Waals surface area contributed by atoms with Crippen LogP contribution in [0.5, 0.6) is 5.75 Å². The molecule has 15 heavy (non-hydrogen) atoms. The van der Waals surface area contributed by atoms with Crippen molar-refractivity contribution in [3.63, 3.8) is 0 Å². The summed E-state index contributed by atoms with van der Waals surface area (Å²) < 4.78 is 0. The highest BCUT2D eigenvalue weighted by molar-refractivity contribution is 7.98. The maximum atomic E-state index is 10.5. The molecule has 1 unspecified atom stereocenters. The van der Waals surface area contributed by atoms with E-state index in [0.717, 1.165) is 11.3 Å². The van der Waals surface area contributed by atoms with E-state index in [-0.39, 0.29) is 11.7 Å². The molecule has 1 aromatic rings. The highest BCUT2D eigenvalue weighted by Crippen LogP contribution is 2.17. The van der Waals surface area contributed by atoms with Crippen LogP contribution in [0.4, 0.5) is 0 Å². The van der Waals surface area contributed by atoms with Crippen LogP contribution in [-0.4, -0.2) is 21.9 Å². The predicted molar refractivity (Wildman–Crippen MR) is 61.1 cm³/mol. The van der Waals surface area contributed by atoms with E-state index < -0.39 is 5.97 Å². The Balaban J connectivity index is 2.32. The van der Waals surface area contributed by atoms with Gasteiger partial charge in [0.05, 0.1) is 5.92 Å². The van der Waals surface area contributed by atoms with Gasteiger partial charge in [0.2, 0.25) is 0 Å². The molecule has 1 atom stereocenters. The van der Waals surface area contributed by atoms with Crippen molar-refractivity contribution in [2.75, 3.05) is 5.75 Å². The van der Waals surface area contributed by atoms with Gasteiger partial charge in [0.25, 0.3) is 0 Å². The number of phenolic OH excluding ortho intramolecular Hbond substituents is 1. The number of thioether (sulfide) groups is 1. The summed E-state index contributed by atoms with van der Waals surface area (Å²) in [5.41, 5.74) is 1.09. The second-order valence-electron chi connectivity index (χ2n) is 3.42. The second kappa shape index (κ2) is 5.66. The van der Waals surface area contributed by atoms with Gasteiger partial charge in [-0.15, -0.1) is 0 Å². The van der Waals surface area contributed by atoms with Gasteiger partial charge in [-0.2, -0.15) is 11.8 Å². The molecular formula is C11H14O3S. The number of phenols is 1. The van der Waals surface area contributed by atoms with Crippen LogP contribution in [0.15, 0.2) is 24.3 Å². The van der Waals surface area contributed by atoms with Gasteiger partial charge < -0.3 is 10.2 Å². The number of benzene rings is 1. The van der Waals surface area contributed by atoms with Crippen molar-refractivity contribution in [3.05, 3.63) is 29.8 Å². The number of aliphatic carboxylic acids is 1. The van der Waals surface area contributed by atoms with Crippen LogP contribution in [0.1, 0.15) is 12.5 Å². The SMILES string of the molecule is CC(CSCc1ccc(O)cc1)C(=O)O. The number of aromatic hydroxyl groups is 1. The largest absolute Gasteiger partial charge is 0.508 e. The summed E-state index contributed by atoms with van der Waals surface area (Å²) in [5, 5.41) is 17.7. The third kappa shape index (κ3) is 4.25. The number of carboxylic acid groups (broad SMARTS) is 1. The van der Waals surface area contributed by atoms with Gasteiger partial charge in [-0.1, -0.05) is 19.1 Å². The van der Waals surface area contributed by atoms with E-state index in [1.165, 1.54) is 0 Å². The zero-order chi connectivity index (χ0) is 11.3. The molecule has 0 saturated carbocycles.